The molecule has 142 valence electrons. The molecule has 2 N–H and O–H groups in total. The van der Waals surface area contributed by atoms with E-state index >= 15 is 0 Å². The van der Waals surface area contributed by atoms with E-state index < -0.39 is 0 Å². The second-order valence-electron chi connectivity index (χ2n) is 7.01. The van der Waals surface area contributed by atoms with Crippen LogP contribution in [0, 0.1) is 13.8 Å². The van der Waals surface area contributed by atoms with Crippen molar-refractivity contribution in [2.75, 3.05) is 17.2 Å². The fourth-order valence-corrected chi connectivity index (χ4v) is 3.16. The minimum absolute atomic E-state index is 0.597. The lowest BCUT2D eigenvalue weighted by Gasteiger charge is -2.12. The average Bonchev–Trinajstić information content (AvgIpc) is 3.07. The molecule has 0 atom stereocenters. The molecular weight excluding hydrogens is 348 g/mol. The molecule has 0 saturated carbocycles. The first-order chi connectivity index (χ1) is 13.6. The van der Waals surface area contributed by atoms with Crippen molar-refractivity contribution in [3.05, 3.63) is 71.4 Å². The smallest absolute Gasteiger partial charge is 0.226 e. The van der Waals surface area contributed by atoms with Crippen molar-refractivity contribution in [2.24, 2.45) is 7.05 Å². The largest absolute Gasteiger partial charge is 0.354 e. The fraction of sp³-hybridized carbons (Fsp3) is 0.227. The van der Waals surface area contributed by atoms with Gasteiger partial charge in [-0.15, -0.1) is 0 Å². The minimum atomic E-state index is 0.597. The lowest BCUT2D eigenvalue weighted by molar-refractivity contribution is 0.785. The Hall–Kier alpha value is -3.41. The van der Waals surface area contributed by atoms with Gasteiger partial charge in [0, 0.05) is 19.3 Å². The van der Waals surface area contributed by atoms with Crippen LogP contribution < -0.4 is 10.6 Å². The zero-order chi connectivity index (χ0) is 19.5. The maximum atomic E-state index is 4.72. The van der Waals surface area contributed by atoms with Gasteiger partial charge in [-0.05, 0) is 43.0 Å². The number of aryl methyl sites for hydroxylation is 3. The number of anilines is 3. The number of hydrogen-bond donors (Lipinski definition) is 2. The number of hydrogen-bond acceptors (Lipinski definition) is 5. The number of rotatable bonds is 6. The topological polar surface area (TPSA) is 67.7 Å². The van der Waals surface area contributed by atoms with Crippen molar-refractivity contribution in [3.63, 3.8) is 0 Å². The second kappa shape index (κ2) is 7.68. The summed E-state index contributed by atoms with van der Waals surface area (Å²) < 4.78 is 1.77. The van der Waals surface area contributed by atoms with Gasteiger partial charge in [-0.3, -0.25) is 4.68 Å². The average molecular weight is 372 g/mol. The van der Waals surface area contributed by atoms with E-state index in [-0.39, 0.29) is 0 Å². The van der Waals surface area contributed by atoms with Crippen molar-refractivity contribution in [3.8, 4) is 0 Å². The van der Waals surface area contributed by atoms with Crippen LogP contribution in [0.15, 0.2) is 54.7 Å². The first kappa shape index (κ1) is 18.0. The zero-order valence-corrected chi connectivity index (χ0v) is 16.4. The van der Waals surface area contributed by atoms with Gasteiger partial charge in [0.15, 0.2) is 5.65 Å². The van der Waals surface area contributed by atoms with Crippen molar-refractivity contribution in [1.82, 2.24) is 19.7 Å². The molecule has 2 heterocycles. The Bertz CT molecular complexity index is 1100. The summed E-state index contributed by atoms with van der Waals surface area (Å²) in [4.78, 5) is 9.37. The monoisotopic (exact) mass is 372 g/mol. The molecule has 0 aliphatic heterocycles. The Balaban J connectivity index is 1.61. The number of aromatic nitrogens is 4. The molecular formula is C22H24N6. The van der Waals surface area contributed by atoms with Gasteiger partial charge in [0.2, 0.25) is 5.95 Å². The van der Waals surface area contributed by atoms with Crippen LogP contribution in [-0.4, -0.2) is 26.3 Å². The molecule has 0 radical (unpaired) electrons. The van der Waals surface area contributed by atoms with Gasteiger partial charge < -0.3 is 10.6 Å². The maximum Gasteiger partial charge on any atom is 0.226 e. The third-order valence-corrected chi connectivity index (χ3v) is 4.78. The summed E-state index contributed by atoms with van der Waals surface area (Å²) >= 11 is 0. The predicted molar refractivity (Wildman–Crippen MR) is 114 cm³/mol. The van der Waals surface area contributed by atoms with E-state index in [0.717, 1.165) is 35.5 Å². The third-order valence-electron chi connectivity index (χ3n) is 4.78. The molecule has 0 amide bonds. The fourth-order valence-electron chi connectivity index (χ4n) is 3.16. The first-order valence-electron chi connectivity index (χ1n) is 9.42. The van der Waals surface area contributed by atoms with E-state index in [1.54, 1.807) is 10.9 Å². The van der Waals surface area contributed by atoms with E-state index in [0.29, 0.717) is 5.95 Å². The summed E-state index contributed by atoms with van der Waals surface area (Å²) in [5.41, 5.74) is 5.49. The molecule has 0 aliphatic rings. The number of benzene rings is 2. The highest BCUT2D eigenvalue weighted by Gasteiger charge is 2.12. The normalized spacial score (nSPS) is 11.0. The molecule has 4 aromatic rings. The van der Waals surface area contributed by atoms with Gasteiger partial charge in [-0.2, -0.15) is 15.1 Å². The van der Waals surface area contributed by atoms with Gasteiger partial charge in [0.25, 0.3) is 0 Å². The van der Waals surface area contributed by atoms with Gasteiger partial charge in [-0.25, -0.2) is 0 Å². The van der Waals surface area contributed by atoms with Gasteiger partial charge in [-0.1, -0.05) is 42.5 Å². The maximum absolute atomic E-state index is 4.72. The SMILES string of the molecule is Cc1ccc(C)c(Nc2nc(NCCc3ccccc3)nc3c2cnn3C)c1. The van der Waals surface area contributed by atoms with Crippen LogP contribution >= 0.6 is 0 Å². The lowest BCUT2D eigenvalue weighted by Crippen LogP contribution is -2.10. The van der Waals surface area contributed by atoms with Crippen LogP contribution in [0.5, 0.6) is 0 Å². The third kappa shape index (κ3) is 3.81. The molecule has 0 spiro atoms. The van der Waals surface area contributed by atoms with E-state index in [4.69, 9.17) is 4.98 Å². The molecule has 6 heteroatoms. The minimum Gasteiger partial charge on any atom is -0.354 e. The summed E-state index contributed by atoms with van der Waals surface area (Å²) in [5, 5.41) is 12.1. The summed E-state index contributed by atoms with van der Waals surface area (Å²) in [6, 6.07) is 16.7. The van der Waals surface area contributed by atoms with Gasteiger partial charge in [0.1, 0.15) is 5.82 Å². The predicted octanol–water partition coefficient (Wildman–Crippen LogP) is 4.38. The second-order valence-corrected chi connectivity index (χ2v) is 7.01. The molecule has 6 nitrogen and oxygen atoms in total. The Morgan fingerprint density at radius 3 is 2.64 bits per heavy atom. The zero-order valence-electron chi connectivity index (χ0n) is 16.4. The molecule has 0 bridgehead atoms. The molecule has 4 rings (SSSR count). The summed E-state index contributed by atoms with van der Waals surface area (Å²) in [7, 11) is 1.89. The summed E-state index contributed by atoms with van der Waals surface area (Å²) in [6.07, 6.45) is 2.71. The van der Waals surface area contributed by atoms with Gasteiger partial charge in [0.05, 0.1) is 11.6 Å². The van der Waals surface area contributed by atoms with Crippen molar-refractivity contribution < 1.29 is 0 Å². The molecule has 0 fully saturated rings. The molecule has 0 aliphatic carbocycles. The first-order valence-corrected chi connectivity index (χ1v) is 9.42. The Morgan fingerprint density at radius 1 is 1.00 bits per heavy atom. The number of fused-ring (bicyclic) bond motifs is 1. The van der Waals surface area contributed by atoms with Crippen molar-refractivity contribution in [2.45, 2.75) is 20.3 Å². The molecule has 2 aromatic heterocycles. The Labute approximate surface area is 164 Å². The molecule has 2 aromatic carbocycles. The summed E-state index contributed by atoms with van der Waals surface area (Å²) in [5.74, 6) is 1.36. The van der Waals surface area contributed by atoms with Crippen LogP contribution in [0.3, 0.4) is 0 Å². The Kier molecular flexibility index (Phi) is 4.93. The van der Waals surface area contributed by atoms with Crippen LogP contribution in [-0.2, 0) is 13.5 Å². The summed E-state index contributed by atoms with van der Waals surface area (Å²) in [6.45, 7) is 4.93. The van der Waals surface area contributed by atoms with E-state index in [1.807, 2.05) is 13.1 Å². The number of nitrogens with zero attached hydrogens (tertiary/aromatic N) is 4. The van der Waals surface area contributed by atoms with Crippen LogP contribution in [0.2, 0.25) is 0 Å². The van der Waals surface area contributed by atoms with Crippen LogP contribution in [0.25, 0.3) is 11.0 Å². The van der Waals surface area contributed by atoms with Crippen molar-refractivity contribution in [1.29, 1.82) is 0 Å². The highest BCUT2D eigenvalue weighted by Crippen LogP contribution is 2.27. The van der Waals surface area contributed by atoms with Crippen LogP contribution in [0.4, 0.5) is 17.5 Å². The lowest BCUT2D eigenvalue weighted by atomic mass is 10.1. The standard InChI is InChI=1S/C22H24N6/c1-15-9-10-16(2)19(13-15)25-20-18-14-24-28(3)21(18)27-22(26-20)23-12-11-17-7-5-4-6-8-17/h4-10,13-14H,11-12H2,1-3H3,(H2,23,25,26,27). The molecule has 0 unspecified atom stereocenters. The molecule has 0 saturated heterocycles. The van der Waals surface area contributed by atoms with E-state index in [2.05, 4.69) is 77.0 Å². The van der Waals surface area contributed by atoms with E-state index in [1.165, 1.54) is 16.7 Å². The van der Waals surface area contributed by atoms with Crippen molar-refractivity contribution >= 4 is 28.5 Å². The van der Waals surface area contributed by atoms with E-state index in [9.17, 15) is 0 Å². The Morgan fingerprint density at radius 2 is 1.82 bits per heavy atom. The number of nitrogens with one attached hydrogen (secondary N) is 2. The molecule has 28 heavy (non-hydrogen) atoms. The quantitative estimate of drug-likeness (QED) is 0.526. The van der Waals surface area contributed by atoms with Gasteiger partial charge >= 0.3 is 0 Å². The highest BCUT2D eigenvalue weighted by atomic mass is 15.3. The van der Waals surface area contributed by atoms with Crippen LogP contribution in [0.1, 0.15) is 16.7 Å². The highest BCUT2D eigenvalue weighted by molar-refractivity contribution is 5.89.